The number of halogens is 3. The molecule has 2 saturated heterocycles. The van der Waals surface area contributed by atoms with E-state index in [-0.39, 0.29) is 30.1 Å². The van der Waals surface area contributed by atoms with Gasteiger partial charge in [0.1, 0.15) is 0 Å². The van der Waals surface area contributed by atoms with E-state index in [1.807, 2.05) is 18.9 Å². The normalized spacial score (nSPS) is 22.6. The average Bonchev–Trinajstić information content (AvgIpc) is 3.48. The van der Waals surface area contributed by atoms with E-state index in [2.05, 4.69) is 10.6 Å². The molecule has 6 nitrogen and oxygen atoms in total. The Bertz CT molecular complexity index is 1020. The molecule has 0 aliphatic carbocycles. The van der Waals surface area contributed by atoms with E-state index >= 15 is 0 Å². The second-order valence-electron chi connectivity index (χ2n) is 9.00. The molecule has 2 aliphatic heterocycles. The number of amides is 3. The third-order valence-corrected chi connectivity index (χ3v) is 6.89. The van der Waals surface area contributed by atoms with Gasteiger partial charge in [0.2, 0.25) is 0 Å². The van der Waals surface area contributed by atoms with E-state index in [1.54, 1.807) is 29.2 Å². The number of carbonyl (C=O) groups excluding carboxylic acids is 2. The maximum Gasteiger partial charge on any atom is 0.416 e. The van der Waals surface area contributed by atoms with Crippen molar-refractivity contribution in [3.05, 3.63) is 59.7 Å². The van der Waals surface area contributed by atoms with Crippen molar-refractivity contribution in [3.8, 4) is 11.1 Å². The first kappa shape index (κ1) is 24.1. The molecule has 0 saturated carbocycles. The number of hydrogen-bond acceptors (Lipinski definition) is 3. The lowest BCUT2D eigenvalue weighted by atomic mass is 10.0. The van der Waals surface area contributed by atoms with Crippen LogP contribution in [0.4, 0.5) is 18.0 Å². The highest BCUT2D eigenvalue weighted by Crippen LogP contribution is 2.31. The highest BCUT2D eigenvalue weighted by atomic mass is 19.4. The Morgan fingerprint density at radius 1 is 1.03 bits per heavy atom. The Kier molecular flexibility index (Phi) is 6.84. The summed E-state index contributed by atoms with van der Waals surface area (Å²) in [7, 11) is 1.83. The van der Waals surface area contributed by atoms with E-state index in [1.165, 1.54) is 12.1 Å². The molecular formula is C25H29F3N4O2. The van der Waals surface area contributed by atoms with Gasteiger partial charge in [-0.25, -0.2) is 4.79 Å². The van der Waals surface area contributed by atoms with Gasteiger partial charge in [-0.1, -0.05) is 24.3 Å². The summed E-state index contributed by atoms with van der Waals surface area (Å²) in [6, 6.07) is 11.6. The van der Waals surface area contributed by atoms with Gasteiger partial charge in [-0.2, -0.15) is 13.2 Å². The molecule has 2 aromatic carbocycles. The minimum Gasteiger partial charge on any atom is -0.347 e. The predicted octanol–water partition coefficient (Wildman–Crippen LogP) is 3.98. The Hall–Kier alpha value is -3.07. The first-order valence-corrected chi connectivity index (χ1v) is 11.5. The van der Waals surface area contributed by atoms with Crippen LogP contribution >= 0.6 is 0 Å². The molecule has 3 unspecified atom stereocenters. The second kappa shape index (κ2) is 9.66. The van der Waals surface area contributed by atoms with Gasteiger partial charge in [-0.3, -0.25) is 4.79 Å². The van der Waals surface area contributed by atoms with E-state index in [0.717, 1.165) is 37.2 Å². The lowest BCUT2D eigenvalue weighted by Gasteiger charge is -2.32. The molecule has 2 aliphatic rings. The number of nitrogens with zero attached hydrogens (tertiary/aromatic N) is 2. The first-order valence-electron chi connectivity index (χ1n) is 11.5. The van der Waals surface area contributed by atoms with Crippen LogP contribution in [0.25, 0.3) is 11.1 Å². The molecule has 2 N–H and O–H groups in total. The maximum absolute atomic E-state index is 12.9. The Morgan fingerprint density at radius 2 is 1.65 bits per heavy atom. The smallest absolute Gasteiger partial charge is 0.347 e. The summed E-state index contributed by atoms with van der Waals surface area (Å²) in [5.74, 6) is -0.238. The van der Waals surface area contributed by atoms with Crippen LogP contribution in [0.5, 0.6) is 0 Å². The van der Waals surface area contributed by atoms with Crippen molar-refractivity contribution in [1.82, 2.24) is 20.4 Å². The SMILES string of the molecule is CC1C(NC(=O)c2ccc(-c3ccc(C(F)(F)F)cc3)cc2)CCN1C(=O)N(C)C1CCNC1. The van der Waals surface area contributed by atoms with Crippen molar-refractivity contribution >= 4 is 11.9 Å². The van der Waals surface area contributed by atoms with Crippen molar-refractivity contribution < 1.29 is 22.8 Å². The van der Waals surface area contributed by atoms with Gasteiger partial charge in [-0.05, 0) is 61.7 Å². The molecule has 3 amide bonds. The summed E-state index contributed by atoms with van der Waals surface area (Å²) in [5.41, 5.74) is 1.12. The van der Waals surface area contributed by atoms with Crippen LogP contribution in [0.1, 0.15) is 35.7 Å². The largest absolute Gasteiger partial charge is 0.416 e. The third-order valence-electron chi connectivity index (χ3n) is 6.89. The van der Waals surface area contributed by atoms with E-state index in [4.69, 9.17) is 0 Å². The number of rotatable bonds is 4. The number of hydrogen-bond donors (Lipinski definition) is 2. The van der Waals surface area contributed by atoms with E-state index < -0.39 is 11.7 Å². The fourth-order valence-electron chi connectivity index (χ4n) is 4.65. The van der Waals surface area contributed by atoms with Gasteiger partial charge in [0.05, 0.1) is 17.6 Å². The molecule has 182 valence electrons. The average molecular weight is 475 g/mol. The summed E-state index contributed by atoms with van der Waals surface area (Å²) in [4.78, 5) is 29.4. The fourth-order valence-corrected chi connectivity index (χ4v) is 4.65. The molecule has 4 rings (SSSR count). The van der Waals surface area contributed by atoms with Gasteiger partial charge in [0.25, 0.3) is 5.91 Å². The zero-order chi connectivity index (χ0) is 24.5. The van der Waals surface area contributed by atoms with Crippen LogP contribution in [0.2, 0.25) is 0 Å². The standard InChI is InChI=1S/C25H29F3N4O2/c1-16-22(12-14-32(16)24(34)31(2)21-11-13-29-15-21)30-23(33)19-5-3-17(4-6-19)18-7-9-20(10-8-18)25(26,27)28/h3-10,16,21-22,29H,11-15H2,1-2H3,(H,30,33). The number of nitrogens with one attached hydrogen (secondary N) is 2. The fraction of sp³-hybridized carbons (Fsp3) is 0.440. The number of alkyl halides is 3. The topological polar surface area (TPSA) is 64.7 Å². The first-order chi connectivity index (χ1) is 16.1. The van der Waals surface area contributed by atoms with Crippen LogP contribution in [0.3, 0.4) is 0 Å². The Balaban J connectivity index is 1.36. The van der Waals surface area contributed by atoms with E-state index in [9.17, 15) is 22.8 Å². The van der Waals surface area contributed by atoms with Crippen LogP contribution in [-0.2, 0) is 6.18 Å². The number of urea groups is 1. The predicted molar refractivity (Wildman–Crippen MR) is 123 cm³/mol. The van der Waals surface area contributed by atoms with Gasteiger partial charge >= 0.3 is 12.2 Å². The summed E-state index contributed by atoms with van der Waals surface area (Å²) < 4.78 is 38.3. The minimum atomic E-state index is -4.37. The summed E-state index contributed by atoms with van der Waals surface area (Å²) in [5, 5.41) is 6.30. The van der Waals surface area contributed by atoms with Crippen molar-refractivity contribution in [1.29, 1.82) is 0 Å². The van der Waals surface area contributed by atoms with Gasteiger partial charge in [0, 0.05) is 31.7 Å². The zero-order valence-corrected chi connectivity index (χ0v) is 19.2. The van der Waals surface area contributed by atoms with Crippen LogP contribution in [0.15, 0.2) is 48.5 Å². The molecule has 0 aromatic heterocycles. The lowest BCUT2D eigenvalue weighted by Crippen LogP contribution is -2.51. The van der Waals surface area contributed by atoms with Crippen LogP contribution in [-0.4, -0.2) is 66.5 Å². The molecule has 3 atom stereocenters. The number of likely N-dealkylation sites (N-methyl/N-ethyl adjacent to an activating group) is 1. The zero-order valence-electron chi connectivity index (χ0n) is 19.2. The maximum atomic E-state index is 12.9. The molecular weight excluding hydrogens is 445 g/mol. The highest BCUT2D eigenvalue weighted by Gasteiger charge is 2.37. The highest BCUT2D eigenvalue weighted by molar-refractivity contribution is 5.95. The Labute approximate surface area is 197 Å². The van der Waals surface area contributed by atoms with Gasteiger partial charge < -0.3 is 20.4 Å². The molecule has 34 heavy (non-hydrogen) atoms. The van der Waals surface area contributed by atoms with E-state index in [0.29, 0.717) is 24.1 Å². The van der Waals surface area contributed by atoms with Crippen molar-refractivity contribution in [2.75, 3.05) is 26.7 Å². The Morgan fingerprint density at radius 3 is 2.21 bits per heavy atom. The molecule has 2 fully saturated rings. The summed E-state index contributed by atoms with van der Waals surface area (Å²) >= 11 is 0. The van der Waals surface area contributed by atoms with Crippen molar-refractivity contribution in [2.45, 2.75) is 44.1 Å². The molecule has 9 heteroatoms. The van der Waals surface area contributed by atoms with Crippen molar-refractivity contribution in [2.24, 2.45) is 0 Å². The van der Waals surface area contributed by atoms with Crippen LogP contribution in [0, 0.1) is 0 Å². The second-order valence-corrected chi connectivity index (χ2v) is 9.00. The third kappa shape index (κ3) is 5.04. The number of likely N-dealkylation sites (tertiary alicyclic amines) is 1. The monoisotopic (exact) mass is 474 g/mol. The molecule has 0 bridgehead atoms. The molecule has 0 radical (unpaired) electrons. The molecule has 2 heterocycles. The van der Waals surface area contributed by atoms with Crippen molar-refractivity contribution in [3.63, 3.8) is 0 Å². The summed E-state index contributed by atoms with van der Waals surface area (Å²) in [6.45, 7) is 4.24. The van der Waals surface area contributed by atoms with Crippen LogP contribution < -0.4 is 10.6 Å². The molecule has 2 aromatic rings. The quantitative estimate of drug-likeness (QED) is 0.705. The number of carbonyl (C=O) groups is 2. The van der Waals surface area contributed by atoms with Gasteiger partial charge in [-0.15, -0.1) is 0 Å². The molecule has 0 spiro atoms. The van der Waals surface area contributed by atoms with Gasteiger partial charge in [0.15, 0.2) is 0 Å². The minimum absolute atomic E-state index is 0.0150. The summed E-state index contributed by atoms with van der Waals surface area (Å²) in [6.07, 6.45) is -2.76. The number of benzene rings is 2. The lowest BCUT2D eigenvalue weighted by molar-refractivity contribution is -0.137.